The summed E-state index contributed by atoms with van der Waals surface area (Å²) in [5.74, 6) is 0. The maximum absolute atomic E-state index is 11.6. The molecule has 0 fully saturated rings. The van der Waals surface area contributed by atoms with Gasteiger partial charge in [0.25, 0.3) is 0 Å². The predicted molar refractivity (Wildman–Crippen MR) is 116 cm³/mol. The Balaban J connectivity index is 2.22. The minimum Gasteiger partial charge on any atom is -0.394 e. The molecule has 0 amide bonds. The van der Waals surface area contributed by atoms with E-state index in [0.29, 0.717) is 16.7 Å². The molecule has 6 heteroatoms. The zero-order valence-electron chi connectivity index (χ0n) is 16.9. The molecule has 5 atom stereocenters. The normalized spacial score (nSPS) is 16.8. The molecule has 0 bridgehead atoms. The summed E-state index contributed by atoms with van der Waals surface area (Å²) in [7, 11) is 0. The highest BCUT2D eigenvalue weighted by molar-refractivity contribution is 5.52. The highest BCUT2D eigenvalue weighted by Gasteiger charge is 2.49. The quantitative estimate of drug-likeness (QED) is 0.283. The Bertz CT molecular complexity index is 822. The highest BCUT2D eigenvalue weighted by atomic mass is 16.4. The second-order valence-electron chi connectivity index (χ2n) is 7.57. The van der Waals surface area contributed by atoms with Crippen LogP contribution in [0.4, 0.5) is 0 Å². The number of benzene rings is 3. The predicted octanol–water partition coefficient (Wildman–Crippen LogP) is 0.818. The minimum absolute atomic E-state index is 0.670. The molecule has 0 spiro atoms. The van der Waals surface area contributed by atoms with Gasteiger partial charge in [-0.05, 0) is 16.7 Å². The lowest BCUT2D eigenvalue weighted by Crippen LogP contribution is -2.56. The molecule has 3 aromatic rings. The van der Waals surface area contributed by atoms with Crippen molar-refractivity contribution in [1.82, 2.24) is 0 Å². The third kappa shape index (κ3) is 4.41. The van der Waals surface area contributed by atoms with E-state index in [9.17, 15) is 25.5 Å². The van der Waals surface area contributed by atoms with E-state index in [1.807, 2.05) is 91.0 Å². The summed E-state index contributed by atoms with van der Waals surface area (Å²) < 4.78 is 0. The zero-order chi connectivity index (χ0) is 22.4. The van der Waals surface area contributed by atoms with Gasteiger partial charge in [-0.1, -0.05) is 91.0 Å². The first-order valence-electron chi connectivity index (χ1n) is 10.1. The van der Waals surface area contributed by atoms with E-state index in [-0.39, 0.29) is 0 Å². The molecule has 31 heavy (non-hydrogen) atoms. The van der Waals surface area contributed by atoms with Gasteiger partial charge in [0.15, 0.2) is 0 Å². The second-order valence-corrected chi connectivity index (χ2v) is 7.57. The van der Waals surface area contributed by atoms with E-state index < -0.39 is 42.5 Å². The Labute approximate surface area is 181 Å². The average Bonchev–Trinajstić information content (AvgIpc) is 2.84. The van der Waals surface area contributed by atoms with Gasteiger partial charge in [0.2, 0.25) is 0 Å². The summed E-state index contributed by atoms with van der Waals surface area (Å²) in [6.07, 6.45) is -8.90. The van der Waals surface area contributed by atoms with Crippen molar-refractivity contribution in [2.75, 3.05) is 6.61 Å². The van der Waals surface area contributed by atoms with Crippen molar-refractivity contribution in [3.8, 4) is 0 Å². The number of hydrogen-bond donors (Lipinski definition) is 6. The van der Waals surface area contributed by atoms with Gasteiger partial charge in [0.1, 0.15) is 30.5 Å². The van der Waals surface area contributed by atoms with Crippen LogP contribution in [0.1, 0.15) is 16.7 Å². The second kappa shape index (κ2) is 10.2. The highest BCUT2D eigenvalue weighted by Crippen LogP contribution is 2.43. The monoisotopic (exact) mass is 424 g/mol. The summed E-state index contributed by atoms with van der Waals surface area (Å²) >= 11 is 0. The van der Waals surface area contributed by atoms with Crippen LogP contribution in [-0.2, 0) is 5.41 Å². The van der Waals surface area contributed by atoms with Crippen molar-refractivity contribution in [3.05, 3.63) is 108 Å². The van der Waals surface area contributed by atoms with Crippen LogP contribution >= 0.6 is 0 Å². The van der Waals surface area contributed by atoms with Crippen molar-refractivity contribution in [2.45, 2.75) is 35.9 Å². The molecule has 0 aliphatic carbocycles. The van der Waals surface area contributed by atoms with E-state index in [4.69, 9.17) is 5.11 Å². The van der Waals surface area contributed by atoms with Crippen molar-refractivity contribution < 1.29 is 30.6 Å². The molecule has 6 nitrogen and oxygen atoms in total. The summed E-state index contributed by atoms with van der Waals surface area (Å²) in [6, 6.07) is 27.3. The maximum atomic E-state index is 11.6. The van der Waals surface area contributed by atoms with E-state index in [2.05, 4.69) is 0 Å². The fourth-order valence-electron chi connectivity index (χ4n) is 4.10. The molecule has 0 radical (unpaired) electrons. The Morgan fingerprint density at radius 3 is 1.19 bits per heavy atom. The molecular weight excluding hydrogens is 396 g/mol. The first-order valence-corrected chi connectivity index (χ1v) is 10.1. The van der Waals surface area contributed by atoms with Crippen molar-refractivity contribution >= 4 is 0 Å². The number of rotatable bonds is 9. The van der Waals surface area contributed by atoms with Crippen molar-refractivity contribution in [3.63, 3.8) is 0 Å². The van der Waals surface area contributed by atoms with Crippen LogP contribution in [0.25, 0.3) is 0 Å². The molecule has 0 aliphatic heterocycles. The van der Waals surface area contributed by atoms with Crippen LogP contribution in [0.15, 0.2) is 91.0 Å². The Morgan fingerprint density at radius 1 is 0.516 bits per heavy atom. The summed E-state index contributed by atoms with van der Waals surface area (Å²) in [4.78, 5) is 0. The van der Waals surface area contributed by atoms with Crippen LogP contribution in [0, 0.1) is 0 Å². The van der Waals surface area contributed by atoms with E-state index in [1.165, 1.54) is 0 Å². The minimum atomic E-state index is -1.91. The van der Waals surface area contributed by atoms with E-state index in [0.717, 1.165) is 0 Å². The molecule has 6 N–H and O–H groups in total. The van der Waals surface area contributed by atoms with Gasteiger partial charge < -0.3 is 30.6 Å². The molecular formula is C25H28O6. The zero-order valence-corrected chi connectivity index (χ0v) is 16.9. The van der Waals surface area contributed by atoms with E-state index >= 15 is 0 Å². The van der Waals surface area contributed by atoms with Gasteiger partial charge in [0.05, 0.1) is 12.0 Å². The standard InChI is InChI=1S/C25H28O6/c26-16-20(27)21(28)22(29)23(30)24(31)25(17-10-4-1-5-11-17,18-12-6-2-7-13-18)19-14-8-3-9-15-19/h1-15,20-24,26-31H,16H2. The largest absolute Gasteiger partial charge is 0.394 e. The molecule has 0 heterocycles. The third-order valence-corrected chi connectivity index (χ3v) is 5.74. The summed E-state index contributed by atoms with van der Waals surface area (Å²) in [5.41, 5.74) is 0.712. The first kappa shape index (κ1) is 23.1. The fraction of sp³-hybridized carbons (Fsp3) is 0.280. The van der Waals surface area contributed by atoms with Crippen LogP contribution in [-0.4, -0.2) is 67.8 Å². The van der Waals surface area contributed by atoms with Gasteiger partial charge in [-0.2, -0.15) is 0 Å². The average molecular weight is 424 g/mol. The van der Waals surface area contributed by atoms with Crippen LogP contribution in [0.2, 0.25) is 0 Å². The molecule has 0 saturated carbocycles. The topological polar surface area (TPSA) is 121 Å². The van der Waals surface area contributed by atoms with Crippen molar-refractivity contribution in [2.24, 2.45) is 0 Å². The fourth-order valence-corrected chi connectivity index (χ4v) is 4.10. The molecule has 164 valence electrons. The van der Waals surface area contributed by atoms with Crippen molar-refractivity contribution in [1.29, 1.82) is 0 Å². The number of aliphatic hydroxyl groups is 6. The van der Waals surface area contributed by atoms with Gasteiger partial charge in [0, 0.05) is 0 Å². The Hall–Kier alpha value is -2.58. The Morgan fingerprint density at radius 2 is 0.871 bits per heavy atom. The lowest BCUT2D eigenvalue weighted by Gasteiger charge is -2.43. The number of hydrogen-bond acceptors (Lipinski definition) is 6. The molecule has 3 aromatic carbocycles. The van der Waals surface area contributed by atoms with E-state index in [1.54, 1.807) is 0 Å². The van der Waals surface area contributed by atoms with Crippen LogP contribution < -0.4 is 0 Å². The van der Waals surface area contributed by atoms with Crippen LogP contribution in [0.5, 0.6) is 0 Å². The Kier molecular flexibility index (Phi) is 7.56. The van der Waals surface area contributed by atoms with Gasteiger partial charge in [-0.25, -0.2) is 0 Å². The smallest absolute Gasteiger partial charge is 0.111 e. The maximum Gasteiger partial charge on any atom is 0.111 e. The summed E-state index contributed by atoms with van der Waals surface area (Å²) in [5, 5.41) is 62.1. The third-order valence-electron chi connectivity index (χ3n) is 5.74. The van der Waals surface area contributed by atoms with Gasteiger partial charge in [-0.15, -0.1) is 0 Å². The molecule has 5 unspecified atom stereocenters. The van der Waals surface area contributed by atoms with Crippen LogP contribution in [0.3, 0.4) is 0 Å². The molecule has 0 aliphatic rings. The molecule has 0 aromatic heterocycles. The SMILES string of the molecule is OCC(O)C(O)C(O)C(O)C(O)C(c1ccccc1)(c1ccccc1)c1ccccc1. The lowest BCUT2D eigenvalue weighted by atomic mass is 9.64. The molecule has 0 saturated heterocycles. The first-order chi connectivity index (χ1) is 14.9. The molecule has 3 rings (SSSR count). The number of aliphatic hydroxyl groups excluding tert-OH is 6. The summed E-state index contributed by atoms with van der Waals surface area (Å²) in [6.45, 7) is -0.803. The van der Waals surface area contributed by atoms with Gasteiger partial charge in [-0.3, -0.25) is 0 Å². The lowest BCUT2D eigenvalue weighted by molar-refractivity contribution is -0.147. The van der Waals surface area contributed by atoms with Gasteiger partial charge >= 0.3 is 0 Å².